The first kappa shape index (κ1) is 16.0. The number of hydrogen-bond acceptors (Lipinski definition) is 3. The Bertz CT molecular complexity index is 379. The summed E-state index contributed by atoms with van der Waals surface area (Å²) in [5.74, 6) is -0.113. The topological polar surface area (TPSA) is 54.5 Å². The van der Waals surface area contributed by atoms with Gasteiger partial charge in [-0.3, -0.25) is 4.79 Å². The molecule has 1 aliphatic heterocycles. The van der Waals surface area contributed by atoms with E-state index < -0.39 is 9.84 Å². The van der Waals surface area contributed by atoms with E-state index in [1.165, 1.54) is 0 Å². The largest absolute Gasteiger partial charge is 0.339 e. The zero-order chi connectivity index (χ0) is 13.8. The standard InChI is InChI=1S/C12H22BrNO3S/c1-3-11(4-2)14(7-6-13)12(15)10-5-8-18(16,17)9-10/h10-11H,3-9H2,1-2H3. The molecule has 1 amide bonds. The second-order valence-electron chi connectivity index (χ2n) is 4.79. The van der Waals surface area contributed by atoms with Gasteiger partial charge in [0.15, 0.2) is 9.84 Å². The Morgan fingerprint density at radius 1 is 1.39 bits per heavy atom. The molecule has 0 aromatic carbocycles. The predicted octanol–water partition coefficient (Wildman–Crippen LogP) is 1.83. The molecule has 1 fully saturated rings. The van der Waals surface area contributed by atoms with Crippen molar-refractivity contribution < 1.29 is 13.2 Å². The third kappa shape index (κ3) is 3.95. The van der Waals surface area contributed by atoms with Crippen molar-refractivity contribution in [3.8, 4) is 0 Å². The lowest BCUT2D eigenvalue weighted by molar-refractivity contribution is -0.137. The van der Waals surface area contributed by atoms with E-state index in [-0.39, 0.29) is 29.4 Å². The number of alkyl halides is 1. The number of halogens is 1. The van der Waals surface area contributed by atoms with Gasteiger partial charge in [0.05, 0.1) is 17.4 Å². The highest BCUT2D eigenvalue weighted by atomic mass is 79.9. The normalized spacial score (nSPS) is 22.3. The zero-order valence-corrected chi connectivity index (χ0v) is 13.5. The summed E-state index contributed by atoms with van der Waals surface area (Å²) >= 11 is 3.36. The van der Waals surface area contributed by atoms with Gasteiger partial charge in [0.25, 0.3) is 0 Å². The van der Waals surface area contributed by atoms with Gasteiger partial charge in [0.2, 0.25) is 5.91 Å². The van der Waals surface area contributed by atoms with Crippen molar-refractivity contribution in [2.75, 3.05) is 23.4 Å². The average Bonchev–Trinajstić information content (AvgIpc) is 2.69. The van der Waals surface area contributed by atoms with Gasteiger partial charge in [-0.1, -0.05) is 29.8 Å². The number of sulfone groups is 1. The van der Waals surface area contributed by atoms with Crippen molar-refractivity contribution in [2.45, 2.75) is 39.2 Å². The lowest BCUT2D eigenvalue weighted by Crippen LogP contribution is -2.44. The highest BCUT2D eigenvalue weighted by Gasteiger charge is 2.36. The highest BCUT2D eigenvalue weighted by molar-refractivity contribution is 9.09. The van der Waals surface area contributed by atoms with Gasteiger partial charge in [0, 0.05) is 17.9 Å². The smallest absolute Gasteiger partial charge is 0.227 e. The van der Waals surface area contributed by atoms with E-state index in [1.54, 1.807) is 0 Å². The third-order valence-corrected chi connectivity index (χ3v) is 5.70. The first-order chi connectivity index (χ1) is 8.45. The van der Waals surface area contributed by atoms with E-state index in [4.69, 9.17) is 0 Å². The summed E-state index contributed by atoms with van der Waals surface area (Å²) in [5.41, 5.74) is 0. The molecule has 1 heterocycles. The van der Waals surface area contributed by atoms with Crippen molar-refractivity contribution in [3.05, 3.63) is 0 Å². The Morgan fingerprint density at radius 3 is 2.39 bits per heavy atom. The number of carbonyl (C=O) groups is 1. The summed E-state index contributed by atoms with van der Waals surface area (Å²) in [6, 6.07) is 0.221. The molecule has 0 radical (unpaired) electrons. The predicted molar refractivity (Wildman–Crippen MR) is 76.6 cm³/mol. The molecule has 0 spiro atoms. The molecule has 1 atom stereocenters. The zero-order valence-electron chi connectivity index (χ0n) is 11.1. The molecule has 1 rings (SSSR count). The first-order valence-electron chi connectivity index (χ1n) is 6.52. The fraction of sp³-hybridized carbons (Fsp3) is 0.917. The van der Waals surface area contributed by atoms with Crippen molar-refractivity contribution >= 4 is 31.7 Å². The Hall–Kier alpha value is -0.100. The summed E-state index contributed by atoms with van der Waals surface area (Å²) in [4.78, 5) is 14.3. The number of rotatable bonds is 6. The second-order valence-corrected chi connectivity index (χ2v) is 7.81. The van der Waals surface area contributed by atoms with Gasteiger partial charge in [-0.25, -0.2) is 8.42 Å². The lowest BCUT2D eigenvalue weighted by atomic mass is 10.0. The molecule has 4 nitrogen and oxygen atoms in total. The minimum Gasteiger partial charge on any atom is -0.339 e. The van der Waals surface area contributed by atoms with E-state index in [0.29, 0.717) is 13.0 Å². The molecule has 0 aromatic rings. The summed E-state index contributed by atoms with van der Waals surface area (Å²) in [5, 5.41) is 0.731. The monoisotopic (exact) mass is 339 g/mol. The van der Waals surface area contributed by atoms with Crippen LogP contribution in [0.1, 0.15) is 33.1 Å². The maximum atomic E-state index is 12.4. The van der Waals surface area contributed by atoms with Crippen LogP contribution >= 0.6 is 15.9 Å². The van der Waals surface area contributed by atoms with E-state index in [0.717, 1.165) is 18.2 Å². The quantitative estimate of drug-likeness (QED) is 0.693. The van der Waals surface area contributed by atoms with Crippen LogP contribution in [0.5, 0.6) is 0 Å². The summed E-state index contributed by atoms with van der Waals surface area (Å²) < 4.78 is 22.9. The van der Waals surface area contributed by atoms with E-state index in [9.17, 15) is 13.2 Å². The maximum absolute atomic E-state index is 12.4. The number of hydrogen-bond donors (Lipinski definition) is 0. The number of amides is 1. The molecule has 1 saturated heterocycles. The van der Waals surface area contributed by atoms with Crippen molar-refractivity contribution in [1.29, 1.82) is 0 Å². The minimum atomic E-state index is -2.99. The maximum Gasteiger partial charge on any atom is 0.227 e. The van der Waals surface area contributed by atoms with Crippen LogP contribution in [0.4, 0.5) is 0 Å². The van der Waals surface area contributed by atoms with E-state index in [2.05, 4.69) is 29.8 Å². The van der Waals surface area contributed by atoms with Gasteiger partial charge in [-0.15, -0.1) is 0 Å². The molecular formula is C12H22BrNO3S. The Morgan fingerprint density at radius 2 is 2.00 bits per heavy atom. The van der Waals surface area contributed by atoms with Crippen LogP contribution in [-0.4, -0.2) is 48.6 Å². The molecule has 106 valence electrons. The van der Waals surface area contributed by atoms with Crippen LogP contribution in [0, 0.1) is 5.92 Å². The Kier molecular flexibility index (Phi) is 6.11. The summed E-state index contributed by atoms with van der Waals surface area (Å²) in [6.07, 6.45) is 2.31. The highest BCUT2D eigenvalue weighted by Crippen LogP contribution is 2.23. The molecule has 18 heavy (non-hydrogen) atoms. The Balaban J connectivity index is 2.77. The van der Waals surface area contributed by atoms with Crippen LogP contribution in [0.3, 0.4) is 0 Å². The van der Waals surface area contributed by atoms with Crippen LogP contribution < -0.4 is 0 Å². The molecule has 1 unspecified atom stereocenters. The van der Waals surface area contributed by atoms with Gasteiger partial charge >= 0.3 is 0 Å². The lowest BCUT2D eigenvalue weighted by Gasteiger charge is -2.32. The SMILES string of the molecule is CCC(CC)N(CCBr)C(=O)C1CCS(=O)(=O)C1. The van der Waals surface area contributed by atoms with Gasteiger partial charge < -0.3 is 4.90 Å². The van der Waals surface area contributed by atoms with Crippen LogP contribution in [-0.2, 0) is 14.6 Å². The average molecular weight is 340 g/mol. The van der Waals surface area contributed by atoms with Crippen molar-refractivity contribution in [1.82, 2.24) is 4.90 Å². The molecule has 0 N–H and O–H groups in total. The van der Waals surface area contributed by atoms with Crippen molar-refractivity contribution in [2.24, 2.45) is 5.92 Å². The fourth-order valence-electron chi connectivity index (χ4n) is 2.52. The van der Waals surface area contributed by atoms with Crippen LogP contribution in [0.25, 0.3) is 0 Å². The number of nitrogens with zero attached hydrogens (tertiary/aromatic N) is 1. The van der Waals surface area contributed by atoms with Crippen LogP contribution in [0.2, 0.25) is 0 Å². The second kappa shape index (κ2) is 6.89. The first-order valence-corrected chi connectivity index (χ1v) is 9.46. The molecule has 0 aromatic heterocycles. The van der Waals surface area contributed by atoms with Crippen molar-refractivity contribution in [3.63, 3.8) is 0 Å². The molecule has 0 aliphatic carbocycles. The van der Waals surface area contributed by atoms with Gasteiger partial charge in [-0.2, -0.15) is 0 Å². The Labute approximate surface area is 118 Å². The van der Waals surface area contributed by atoms with E-state index >= 15 is 0 Å². The summed E-state index contributed by atoms with van der Waals surface area (Å²) in [7, 11) is -2.99. The minimum absolute atomic E-state index is 0.0178. The van der Waals surface area contributed by atoms with Crippen LogP contribution in [0.15, 0.2) is 0 Å². The molecule has 0 bridgehead atoms. The molecule has 0 saturated carbocycles. The molecule has 6 heteroatoms. The van der Waals surface area contributed by atoms with Gasteiger partial charge in [0.1, 0.15) is 0 Å². The number of carbonyl (C=O) groups excluding carboxylic acids is 1. The summed E-state index contributed by atoms with van der Waals surface area (Å²) in [6.45, 7) is 4.78. The fourth-order valence-corrected chi connectivity index (χ4v) is 4.63. The van der Waals surface area contributed by atoms with Gasteiger partial charge in [-0.05, 0) is 19.3 Å². The molecule has 1 aliphatic rings. The van der Waals surface area contributed by atoms with E-state index in [1.807, 2.05) is 4.90 Å². The third-order valence-electron chi connectivity index (χ3n) is 3.57. The molecular weight excluding hydrogens is 318 g/mol.